The van der Waals surface area contributed by atoms with Crippen molar-refractivity contribution in [3.63, 3.8) is 0 Å². The molecule has 0 amide bonds. The Kier molecular flexibility index (Phi) is 6.93. The number of hydrogen-bond donors (Lipinski definition) is 2. The van der Waals surface area contributed by atoms with E-state index in [-0.39, 0.29) is 11.6 Å². The van der Waals surface area contributed by atoms with Gasteiger partial charge >= 0.3 is 8.25 Å². The van der Waals surface area contributed by atoms with Gasteiger partial charge in [-0.2, -0.15) is 0 Å². The Balaban J connectivity index is 1.82. The highest BCUT2D eigenvalue weighted by Gasteiger charge is 2.52. The topological polar surface area (TPSA) is 116 Å². The monoisotopic (exact) mass is 501 g/mol. The first-order valence-electron chi connectivity index (χ1n) is 10.8. The first-order valence-corrected chi connectivity index (χ1v) is 16.0. The molecule has 2 N–H and O–H groups in total. The molecule has 1 saturated heterocycles. The van der Waals surface area contributed by atoms with E-state index >= 15 is 0 Å². The average Bonchev–Trinajstić information content (AvgIpc) is 3.14. The van der Waals surface area contributed by atoms with Crippen molar-refractivity contribution in [1.29, 1.82) is 0 Å². The molecule has 1 unspecified atom stereocenters. The predicted molar refractivity (Wildman–Crippen MR) is 126 cm³/mol. The molecule has 178 valence electrons. The van der Waals surface area contributed by atoms with Crippen LogP contribution in [0.2, 0.25) is 18.1 Å². The van der Waals surface area contributed by atoms with Crippen LogP contribution in [0.25, 0.3) is 11.0 Å². The summed E-state index contributed by atoms with van der Waals surface area (Å²) < 4.78 is 31.9. The molecule has 2 aromatic heterocycles. The van der Waals surface area contributed by atoms with E-state index in [0.29, 0.717) is 0 Å². The predicted octanol–water partition coefficient (Wildman–Crippen LogP) is 3.52. The van der Waals surface area contributed by atoms with Crippen LogP contribution in [0.1, 0.15) is 39.0 Å². The van der Waals surface area contributed by atoms with Crippen molar-refractivity contribution in [1.82, 2.24) is 14.5 Å². The highest BCUT2D eigenvalue weighted by Crippen LogP contribution is 2.45. The summed E-state index contributed by atoms with van der Waals surface area (Å²) in [6.45, 7) is 10.3. The number of thioether (sulfide) groups is 1. The summed E-state index contributed by atoms with van der Waals surface area (Å²) in [4.78, 5) is 18.6. The lowest BCUT2D eigenvalue weighted by atomic mass is 10.1. The van der Waals surface area contributed by atoms with Gasteiger partial charge in [-0.1, -0.05) is 20.8 Å². The molecule has 0 aromatic carbocycles. The third-order valence-corrected chi connectivity index (χ3v) is 12.7. The molecule has 0 bridgehead atoms. The Morgan fingerprint density at radius 3 is 2.75 bits per heavy atom. The first kappa shape index (κ1) is 24.3. The lowest BCUT2D eigenvalue weighted by molar-refractivity contribution is -0.0485. The van der Waals surface area contributed by atoms with Crippen LogP contribution in [0.5, 0.6) is 0 Å². The average molecular weight is 502 g/mol. The minimum absolute atomic E-state index is 0.0966. The normalized spacial score (nSPS) is 27.6. The maximum atomic E-state index is 11.7. The number of rotatable bonds is 6. The van der Waals surface area contributed by atoms with E-state index in [4.69, 9.17) is 13.7 Å². The SMILES string of the molecule is CC(C)(C)[Si](C)(C)O[C@@H]1[C@H](O[PH](=O)O)[C@@H](CO)O[C@H]1n1cc2c3c(ncnc31)SCCC2. The fraction of sp³-hybridized carbons (Fsp3) is 0.700. The maximum Gasteiger partial charge on any atom is 0.317 e. The Morgan fingerprint density at radius 1 is 1.34 bits per heavy atom. The number of hydrogen-bond acceptors (Lipinski definition) is 8. The zero-order chi connectivity index (χ0) is 23.3. The molecule has 4 heterocycles. The van der Waals surface area contributed by atoms with Gasteiger partial charge in [0.05, 0.1) is 12.0 Å². The molecule has 9 nitrogen and oxygen atoms in total. The molecule has 0 radical (unpaired) electrons. The summed E-state index contributed by atoms with van der Waals surface area (Å²) in [5, 5.41) is 11.9. The number of aliphatic hydroxyl groups is 1. The van der Waals surface area contributed by atoms with Gasteiger partial charge in [0.25, 0.3) is 0 Å². The number of nitrogens with zero attached hydrogens (tertiary/aromatic N) is 3. The van der Waals surface area contributed by atoms with E-state index in [1.54, 1.807) is 18.1 Å². The molecular formula is C20H32N3O6PSSi. The second-order valence-corrected chi connectivity index (χ2v) is 16.4. The van der Waals surface area contributed by atoms with Crippen LogP contribution in [0, 0.1) is 0 Å². The van der Waals surface area contributed by atoms with Crippen LogP contribution in [-0.2, 0) is 24.7 Å². The van der Waals surface area contributed by atoms with E-state index in [0.717, 1.165) is 40.2 Å². The molecule has 5 atom stereocenters. The Bertz CT molecular complexity index is 1010. The molecule has 0 saturated carbocycles. The highest BCUT2D eigenvalue weighted by molar-refractivity contribution is 7.99. The molecule has 2 aliphatic heterocycles. The van der Waals surface area contributed by atoms with Crippen molar-refractivity contribution in [2.24, 2.45) is 0 Å². The van der Waals surface area contributed by atoms with Gasteiger partial charge in [-0.15, -0.1) is 11.8 Å². The molecular weight excluding hydrogens is 469 g/mol. The van der Waals surface area contributed by atoms with Gasteiger partial charge in [0, 0.05) is 6.20 Å². The number of aliphatic hydroxyl groups excluding tert-OH is 1. The maximum absolute atomic E-state index is 11.7. The minimum Gasteiger partial charge on any atom is -0.407 e. The highest BCUT2D eigenvalue weighted by atomic mass is 32.2. The van der Waals surface area contributed by atoms with Gasteiger partial charge in [-0.05, 0) is 42.3 Å². The number of ether oxygens (including phenoxy) is 1. The standard InChI is InChI=1S/C20H32N3O6PSSi/c1-20(2,3)32(4,5)29-16-15(28-30(25)26)13(10-24)27-19(16)23-9-12-7-6-8-31-18-14(12)17(23)21-11-22-18/h9,11,13,15-16,19,24,30H,6-8,10H2,1-5H3,(H,25,26)/t13-,15-,16-,19-/m1/s1. The first-order chi connectivity index (χ1) is 15.0. The van der Waals surface area contributed by atoms with Crippen molar-refractivity contribution in [3.05, 3.63) is 18.1 Å². The zero-order valence-electron chi connectivity index (χ0n) is 19.1. The zero-order valence-corrected chi connectivity index (χ0v) is 21.9. The van der Waals surface area contributed by atoms with Crippen molar-refractivity contribution >= 4 is 39.4 Å². The number of aryl methyl sites for hydroxylation is 1. The molecule has 12 heteroatoms. The lowest BCUT2D eigenvalue weighted by Crippen LogP contribution is -2.49. The Labute approximate surface area is 194 Å². The van der Waals surface area contributed by atoms with E-state index in [1.165, 1.54) is 0 Å². The van der Waals surface area contributed by atoms with Crippen LogP contribution >= 0.6 is 20.0 Å². The molecule has 0 spiro atoms. The second kappa shape index (κ2) is 9.11. The van der Waals surface area contributed by atoms with E-state index in [9.17, 15) is 14.6 Å². The van der Waals surface area contributed by atoms with Gasteiger partial charge in [-0.3, -0.25) is 4.57 Å². The fourth-order valence-corrected chi connectivity index (χ4v) is 6.81. The van der Waals surface area contributed by atoms with E-state index in [1.807, 2.05) is 10.8 Å². The largest absolute Gasteiger partial charge is 0.407 e. The molecule has 2 aromatic rings. The molecule has 32 heavy (non-hydrogen) atoms. The van der Waals surface area contributed by atoms with Crippen LogP contribution in [0.3, 0.4) is 0 Å². The van der Waals surface area contributed by atoms with Gasteiger partial charge in [-0.25, -0.2) is 9.97 Å². The van der Waals surface area contributed by atoms with Crippen molar-refractivity contribution in [3.8, 4) is 0 Å². The van der Waals surface area contributed by atoms with Crippen molar-refractivity contribution < 1.29 is 28.3 Å². The summed E-state index contributed by atoms with van der Waals surface area (Å²) in [5.74, 6) is 1.01. The summed E-state index contributed by atoms with van der Waals surface area (Å²) in [5.41, 5.74) is 1.89. The Morgan fingerprint density at radius 2 is 2.09 bits per heavy atom. The van der Waals surface area contributed by atoms with Gasteiger partial charge < -0.3 is 28.3 Å². The van der Waals surface area contributed by atoms with Crippen LogP contribution < -0.4 is 0 Å². The second-order valence-electron chi connectivity index (χ2n) is 9.83. The van der Waals surface area contributed by atoms with Crippen LogP contribution in [-0.4, -0.2) is 63.5 Å². The van der Waals surface area contributed by atoms with Gasteiger partial charge in [0.1, 0.15) is 35.3 Å². The van der Waals surface area contributed by atoms with Crippen molar-refractivity contribution in [2.45, 2.75) is 81.3 Å². The third-order valence-electron chi connectivity index (χ3n) is 6.70. The van der Waals surface area contributed by atoms with Crippen LogP contribution in [0.4, 0.5) is 0 Å². The summed E-state index contributed by atoms with van der Waals surface area (Å²) in [6, 6.07) is 0. The quantitative estimate of drug-likeness (QED) is 0.348. The van der Waals surface area contributed by atoms with Crippen molar-refractivity contribution in [2.75, 3.05) is 12.4 Å². The summed E-state index contributed by atoms with van der Waals surface area (Å²) in [7, 11) is -5.59. The summed E-state index contributed by atoms with van der Waals surface area (Å²) >= 11 is 1.72. The van der Waals surface area contributed by atoms with Crippen LogP contribution in [0.15, 0.2) is 17.6 Å². The smallest absolute Gasteiger partial charge is 0.317 e. The third kappa shape index (κ3) is 4.46. The fourth-order valence-electron chi connectivity index (χ4n) is 4.04. The van der Waals surface area contributed by atoms with Gasteiger partial charge in [0.15, 0.2) is 14.5 Å². The molecule has 2 aliphatic rings. The van der Waals surface area contributed by atoms with E-state index in [2.05, 4.69) is 43.8 Å². The summed E-state index contributed by atoms with van der Waals surface area (Å²) in [6.07, 6.45) is 2.53. The molecule has 0 aliphatic carbocycles. The number of aromatic nitrogens is 3. The lowest BCUT2D eigenvalue weighted by Gasteiger charge is -2.40. The van der Waals surface area contributed by atoms with E-state index < -0.39 is 41.1 Å². The minimum atomic E-state index is -3.27. The Hall–Kier alpha value is -0.783. The molecule has 1 fully saturated rings. The molecule has 4 rings (SSSR count). The van der Waals surface area contributed by atoms with Gasteiger partial charge in [0.2, 0.25) is 0 Å².